The van der Waals surface area contributed by atoms with Gasteiger partial charge >= 0.3 is 0 Å². The fourth-order valence-electron chi connectivity index (χ4n) is 2.25. The summed E-state index contributed by atoms with van der Waals surface area (Å²) in [7, 11) is 0. The highest BCUT2D eigenvalue weighted by atomic mass is 79.9. The number of nitrogens with one attached hydrogen (secondary N) is 1. The molecule has 0 aromatic heterocycles. The van der Waals surface area contributed by atoms with Crippen molar-refractivity contribution in [2.24, 2.45) is 0 Å². The zero-order chi connectivity index (χ0) is 14.9. The molecule has 0 aliphatic heterocycles. The van der Waals surface area contributed by atoms with E-state index >= 15 is 0 Å². The van der Waals surface area contributed by atoms with Crippen LogP contribution in [0.25, 0.3) is 0 Å². The maximum atomic E-state index is 13.8. The highest BCUT2D eigenvalue weighted by Crippen LogP contribution is 2.31. The summed E-state index contributed by atoms with van der Waals surface area (Å²) < 4.78 is 28.0. The zero-order valence-electron chi connectivity index (χ0n) is 11.6. The maximum Gasteiger partial charge on any atom is 0.164 e. The summed E-state index contributed by atoms with van der Waals surface area (Å²) in [6.45, 7) is 5.80. The van der Waals surface area contributed by atoms with Gasteiger partial charge in [0.2, 0.25) is 0 Å². The summed E-state index contributed by atoms with van der Waals surface area (Å²) in [5, 5.41) is 3.24. The van der Waals surface area contributed by atoms with E-state index in [-0.39, 0.29) is 6.04 Å². The van der Waals surface area contributed by atoms with E-state index in [0.717, 1.165) is 27.4 Å². The van der Waals surface area contributed by atoms with Gasteiger partial charge < -0.3 is 5.32 Å². The molecule has 2 aromatic carbocycles. The van der Waals surface area contributed by atoms with Crippen LogP contribution in [0.5, 0.6) is 0 Å². The van der Waals surface area contributed by atoms with Gasteiger partial charge in [-0.15, -0.1) is 0 Å². The molecule has 2 aromatic rings. The van der Waals surface area contributed by atoms with Crippen molar-refractivity contribution in [3.8, 4) is 0 Å². The minimum Gasteiger partial charge on any atom is -0.377 e. The highest BCUT2D eigenvalue weighted by molar-refractivity contribution is 9.10. The van der Waals surface area contributed by atoms with Crippen LogP contribution in [0, 0.1) is 25.5 Å². The van der Waals surface area contributed by atoms with Gasteiger partial charge in [-0.25, -0.2) is 8.78 Å². The molecule has 0 bridgehead atoms. The van der Waals surface area contributed by atoms with E-state index in [0.29, 0.717) is 5.56 Å². The molecule has 0 aliphatic rings. The third-order valence-electron chi connectivity index (χ3n) is 3.24. The Kier molecular flexibility index (Phi) is 4.43. The molecule has 0 radical (unpaired) electrons. The summed E-state index contributed by atoms with van der Waals surface area (Å²) in [5.74, 6) is -1.62. The summed E-state index contributed by atoms with van der Waals surface area (Å²) in [4.78, 5) is 0. The van der Waals surface area contributed by atoms with Crippen molar-refractivity contribution in [3.63, 3.8) is 0 Å². The van der Waals surface area contributed by atoms with Gasteiger partial charge in [-0.05, 0) is 60.0 Å². The Morgan fingerprint density at radius 1 is 1.15 bits per heavy atom. The van der Waals surface area contributed by atoms with E-state index in [1.165, 1.54) is 6.07 Å². The van der Waals surface area contributed by atoms with E-state index in [1.54, 1.807) is 6.07 Å². The van der Waals surface area contributed by atoms with E-state index in [1.807, 2.05) is 32.9 Å². The number of anilines is 1. The minimum absolute atomic E-state index is 0.317. The molecule has 1 unspecified atom stereocenters. The second kappa shape index (κ2) is 5.92. The molecule has 4 heteroatoms. The molecule has 0 amide bonds. The third-order valence-corrected chi connectivity index (χ3v) is 3.87. The topological polar surface area (TPSA) is 12.0 Å². The van der Waals surface area contributed by atoms with Gasteiger partial charge in [0.25, 0.3) is 0 Å². The quantitative estimate of drug-likeness (QED) is 0.776. The average Bonchev–Trinajstić information content (AvgIpc) is 2.36. The second-order valence-corrected chi connectivity index (χ2v) is 5.80. The monoisotopic (exact) mass is 339 g/mol. The van der Waals surface area contributed by atoms with Crippen LogP contribution in [0.3, 0.4) is 0 Å². The van der Waals surface area contributed by atoms with Gasteiger partial charge in [0.15, 0.2) is 11.6 Å². The number of halogens is 3. The van der Waals surface area contributed by atoms with E-state index in [9.17, 15) is 8.78 Å². The highest BCUT2D eigenvalue weighted by Gasteiger charge is 2.16. The summed E-state index contributed by atoms with van der Waals surface area (Å²) in [6, 6.07) is 7.93. The summed E-state index contributed by atoms with van der Waals surface area (Å²) >= 11 is 3.50. The van der Waals surface area contributed by atoms with Crippen LogP contribution in [0.15, 0.2) is 34.8 Å². The number of benzene rings is 2. The van der Waals surface area contributed by atoms with E-state index < -0.39 is 11.6 Å². The molecular formula is C16H16BrF2N. The van der Waals surface area contributed by atoms with Crippen LogP contribution in [-0.2, 0) is 0 Å². The van der Waals surface area contributed by atoms with Crippen molar-refractivity contribution >= 4 is 21.6 Å². The molecule has 0 spiro atoms. The SMILES string of the molecule is Cc1cc(C)c(NC(C)c2cccc(F)c2F)c(Br)c1. The van der Waals surface area contributed by atoms with Crippen molar-refractivity contribution in [2.75, 3.05) is 5.32 Å². The molecule has 0 heterocycles. The molecule has 1 N–H and O–H groups in total. The number of hydrogen-bond acceptors (Lipinski definition) is 1. The Morgan fingerprint density at radius 3 is 2.50 bits per heavy atom. The van der Waals surface area contributed by atoms with Gasteiger partial charge in [-0.3, -0.25) is 0 Å². The van der Waals surface area contributed by atoms with Crippen molar-refractivity contribution in [3.05, 3.63) is 63.1 Å². The molecule has 1 nitrogen and oxygen atoms in total. The lowest BCUT2D eigenvalue weighted by Gasteiger charge is -2.20. The van der Waals surface area contributed by atoms with Crippen LogP contribution < -0.4 is 5.32 Å². The second-order valence-electron chi connectivity index (χ2n) is 4.95. The van der Waals surface area contributed by atoms with E-state index in [4.69, 9.17) is 0 Å². The number of aryl methyl sites for hydroxylation is 2. The normalized spacial score (nSPS) is 12.3. The van der Waals surface area contributed by atoms with Crippen LogP contribution in [0.1, 0.15) is 29.7 Å². The van der Waals surface area contributed by atoms with Crippen molar-refractivity contribution in [2.45, 2.75) is 26.8 Å². The first-order chi connectivity index (χ1) is 9.40. The summed E-state index contributed by atoms with van der Waals surface area (Å²) in [5.41, 5.74) is 3.41. The van der Waals surface area contributed by atoms with Crippen LogP contribution >= 0.6 is 15.9 Å². The zero-order valence-corrected chi connectivity index (χ0v) is 13.2. The molecule has 106 valence electrons. The molecule has 0 fully saturated rings. The standard InChI is InChI=1S/C16H16BrF2N/c1-9-7-10(2)16(13(17)8-9)20-11(3)12-5-4-6-14(18)15(12)19/h4-8,11,20H,1-3H3. The van der Waals surface area contributed by atoms with Gasteiger partial charge in [-0.2, -0.15) is 0 Å². The maximum absolute atomic E-state index is 13.8. The van der Waals surface area contributed by atoms with Crippen LogP contribution in [0.4, 0.5) is 14.5 Å². The van der Waals surface area contributed by atoms with Crippen molar-refractivity contribution in [1.29, 1.82) is 0 Å². The van der Waals surface area contributed by atoms with Gasteiger partial charge in [-0.1, -0.05) is 18.2 Å². The molecule has 0 saturated carbocycles. The Labute approximate surface area is 126 Å². The fourth-order valence-corrected chi connectivity index (χ4v) is 3.04. The van der Waals surface area contributed by atoms with Gasteiger partial charge in [0, 0.05) is 10.0 Å². The lowest BCUT2D eigenvalue weighted by molar-refractivity contribution is 0.494. The first kappa shape index (κ1) is 15.0. The minimum atomic E-state index is -0.823. The molecule has 0 saturated heterocycles. The van der Waals surface area contributed by atoms with E-state index in [2.05, 4.69) is 21.2 Å². The predicted octanol–water partition coefficient (Wildman–Crippen LogP) is 5.52. The molecule has 20 heavy (non-hydrogen) atoms. The predicted molar refractivity (Wildman–Crippen MR) is 82.0 cm³/mol. The molecule has 1 atom stereocenters. The molecular weight excluding hydrogens is 324 g/mol. The lowest BCUT2D eigenvalue weighted by Crippen LogP contribution is -2.11. The summed E-state index contributed by atoms with van der Waals surface area (Å²) in [6.07, 6.45) is 0. The Morgan fingerprint density at radius 2 is 1.85 bits per heavy atom. The molecule has 2 rings (SSSR count). The van der Waals surface area contributed by atoms with Crippen molar-refractivity contribution in [1.82, 2.24) is 0 Å². The Balaban J connectivity index is 2.33. The smallest absolute Gasteiger partial charge is 0.164 e. The number of hydrogen-bond donors (Lipinski definition) is 1. The average molecular weight is 340 g/mol. The van der Waals surface area contributed by atoms with Gasteiger partial charge in [0.05, 0.1) is 11.7 Å². The number of rotatable bonds is 3. The first-order valence-corrected chi connectivity index (χ1v) is 7.16. The Hall–Kier alpha value is -1.42. The lowest BCUT2D eigenvalue weighted by atomic mass is 10.1. The Bertz CT molecular complexity index is 617. The first-order valence-electron chi connectivity index (χ1n) is 6.37. The fraction of sp³-hybridized carbons (Fsp3) is 0.250. The van der Waals surface area contributed by atoms with Crippen LogP contribution in [0.2, 0.25) is 0 Å². The molecule has 0 aliphatic carbocycles. The van der Waals surface area contributed by atoms with Crippen molar-refractivity contribution < 1.29 is 8.78 Å². The van der Waals surface area contributed by atoms with Gasteiger partial charge in [0.1, 0.15) is 0 Å². The third kappa shape index (κ3) is 3.01. The van der Waals surface area contributed by atoms with Crippen LogP contribution in [-0.4, -0.2) is 0 Å². The largest absolute Gasteiger partial charge is 0.377 e.